The first kappa shape index (κ1) is 33.8. The van der Waals surface area contributed by atoms with Gasteiger partial charge in [-0.3, -0.25) is 14.3 Å². The lowest BCUT2D eigenvalue weighted by atomic mass is 9.82. The third-order valence-electron chi connectivity index (χ3n) is 9.42. The molecule has 0 saturated carbocycles. The van der Waals surface area contributed by atoms with E-state index in [-0.39, 0.29) is 25.0 Å². The minimum absolute atomic E-state index is 0.0277. The van der Waals surface area contributed by atoms with Gasteiger partial charge in [0.25, 0.3) is 11.8 Å². The number of fused-ring (bicyclic) bond motifs is 2. The summed E-state index contributed by atoms with van der Waals surface area (Å²) in [4.78, 5) is 29.1. The van der Waals surface area contributed by atoms with Crippen LogP contribution in [0.2, 0.25) is 23.7 Å². The van der Waals surface area contributed by atoms with Crippen LogP contribution in [0.4, 0.5) is 15.5 Å². The average molecular weight is 692 g/mol. The number of nitrogens with zero attached hydrogens (tertiary/aromatic N) is 4. The predicted octanol–water partition coefficient (Wildman–Crippen LogP) is 6.14. The van der Waals surface area contributed by atoms with Crippen LogP contribution in [0.1, 0.15) is 40.5 Å². The zero-order chi connectivity index (χ0) is 34.2. The normalized spacial score (nSPS) is 21.9. The summed E-state index contributed by atoms with van der Waals surface area (Å²) in [5.41, 5.74) is 2.07. The number of ether oxygens (including phenoxy) is 2. The van der Waals surface area contributed by atoms with Crippen molar-refractivity contribution in [3.8, 4) is 5.75 Å². The van der Waals surface area contributed by atoms with E-state index in [1.807, 2.05) is 25.1 Å². The molecule has 1 fully saturated rings. The number of benzene rings is 3. The number of hydrogen-bond acceptors (Lipinski definition) is 7. The number of anilines is 2. The molecule has 2 amide bonds. The van der Waals surface area contributed by atoms with Crippen molar-refractivity contribution in [3.63, 3.8) is 0 Å². The van der Waals surface area contributed by atoms with Crippen LogP contribution in [0.25, 0.3) is 0 Å². The SMILES string of the molecule is COc1ccc(C(=O)Nc2ccc(CN3C(=O)[C@@]4(O[C@@H](CCn5cc(CCO)nn5)[C@H]([Si](C)(C)F)[C@H]4C)c4cc(Cl)ccc43)cc2)cc1. The lowest BCUT2D eigenvalue weighted by molar-refractivity contribution is -0.146. The number of carbonyl (C=O) groups is 2. The van der Waals surface area contributed by atoms with Crippen LogP contribution in [0.3, 0.4) is 0 Å². The van der Waals surface area contributed by atoms with Crippen LogP contribution in [0.15, 0.2) is 72.9 Å². The van der Waals surface area contributed by atoms with Crippen LogP contribution >= 0.6 is 11.6 Å². The second-order valence-corrected chi connectivity index (χ2v) is 17.2. The molecule has 48 heavy (non-hydrogen) atoms. The zero-order valence-corrected chi connectivity index (χ0v) is 29.1. The number of halogens is 2. The molecule has 10 nitrogen and oxygen atoms in total. The van der Waals surface area contributed by atoms with Gasteiger partial charge < -0.3 is 28.9 Å². The number of nitrogens with one attached hydrogen (secondary N) is 1. The van der Waals surface area contributed by atoms with Gasteiger partial charge in [-0.05, 0) is 79.7 Å². The van der Waals surface area contributed by atoms with Crippen molar-refractivity contribution >= 4 is 43.2 Å². The minimum atomic E-state index is -3.35. The number of amides is 2. The zero-order valence-electron chi connectivity index (χ0n) is 27.3. The molecule has 252 valence electrons. The second kappa shape index (κ2) is 13.4. The van der Waals surface area contributed by atoms with Gasteiger partial charge in [-0.15, -0.1) is 5.10 Å². The van der Waals surface area contributed by atoms with Crippen LogP contribution in [0, 0.1) is 5.92 Å². The fourth-order valence-electron chi connectivity index (χ4n) is 7.20. The molecular weight excluding hydrogens is 653 g/mol. The van der Waals surface area contributed by atoms with Gasteiger partial charge in [-0.2, -0.15) is 0 Å². The Hall–Kier alpha value is -4.10. The highest BCUT2D eigenvalue weighted by Crippen LogP contribution is 2.60. The smallest absolute Gasteiger partial charge is 0.264 e. The van der Waals surface area contributed by atoms with Crippen molar-refractivity contribution in [3.05, 3.63) is 100 Å². The molecule has 2 aliphatic rings. The monoisotopic (exact) mass is 691 g/mol. The number of aliphatic hydroxyl groups is 1. The van der Waals surface area contributed by atoms with Crippen LogP contribution in [-0.2, 0) is 34.6 Å². The lowest BCUT2D eigenvalue weighted by Crippen LogP contribution is -2.45. The van der Waals surface area contributed by atoms with Crippen LogP contribution < -0.4 is 15.0 Å². The molecule has 1 spiro atoms. The van der Waals surface area contributed by atoms with E-state index in [2.05, 4.69) is 15.6 Å². The molecule has 1 aromatic heterocycles. The average Bonchev–Trinajstić information content (AvgIpc) is 3.70. The quantitative estimate of drug-likeness (QED) is 0.143. The highest BCUT2D eigenvalue weighted by Gasteiger charge is 2.66. The minimum Gasteiger partial charge on any atom is -0.497 e. The van der Waals surface area contributed by atoms with Gasteiger partial charge in [-0.25, -0.2) is 0 Å². The summed E-state index contributed by atoms with van der Waals surface area (Å²) < 4.78 is 29.8. The van der Waals surface area contributed by atoms with Crippen molar-refractivity contribution in [1.82, 2.24) is 15.0 Å². The van der Waals surface area contributed by atoms with Crippen LogP contribution in [-0.4, -0.2) is 60.1 Å². The summed E-state index contributed by atoms with van der Waals surface area (Å²) in [5, 5.41) is 20.8. The third-order valence-corrected chi connectivity index (χ3v) is 12.1. The molecule has 4 aromatic rings. The summed E-state index contributed by atoms with van der Waals surface area (Å²) in [6.07, 6.45) is 2.06. The van der Waals surface area contributed by atoms with E-state index in [1.54, 1.807) is 84.5 Å². The van der Waals surface area contributed by atoms with E-state index < -0.39 is 31.6 Å². The van der Waals surface area contributed by atoms with E-state index in [9.17, 15) is 14.7 Å². The summed E-state index contributed by atoms with van der Waals surface area (Å²) in [6.45, 7) is 5.90. The number of methoxy groups -OCH3 is 1. The van der Waals surface area contributed by atoms with E-state index in [4.69, 9.17) is 21.1 Å². The Bertz CT molecular complexity index is 1800. The molecule has 6 rings (SSSR count). The molecule has 13 heteroatoms. The van der Waals surface area contributed by atoms with Crippen molar-refractivity contribution in [2.24, 2.45) is 5.92 Å². The largest absolute Gasteiger partial charge is 0.497 e. The standard InChI is InChI=1S/C35H39ClFN5O5Si/c1-22-32(48(3,4)37)31(15-17-41-21-27(16-18-43)39-40-41)47-35(22)29-19-25(36)9-14-30(29)42(34(35)45)20-23-5-10-26(11-6-23)38-33(44)24-7-12-28(46-2)13-8-24/h5-14,19,21-22,31-32,43H,15-18,20H2,1-4H3,(H,38,44)/t22-,31+,32-,35+/m1/s1. The maximum atomic E-state index is 16.2. The van der Waals surface area contributed by atoms with Crippen molar-refractivity contribution in [2.75, 3.05) is 23.9 Å². The Labute approximate surface area is 285 Å². The summed E-state index contributed by atoms with van der Waals surface area (Å²) in [6, 6.07) is 19.5. The van der Waals surface area contributed by atoms with Gasteiger partial charge in [0.15, 0.2) is 5.60 Å². The maximum Gasteiger partial charge on any atom is 0.264 e. The summed E-state index contributed by atoms with van der Waals surface area (Å²) in [5.74, 6) is -0.295. The first-order valence-corrected chi connectivity index (χ1v) is 19.3. The van der Waals surface area contributed by atoms with E-state index in [0.717, 1.165) is 5.56 Å². The molecule has 0 unspecified atom stereocenters. The fraction of sp³-hybridized carbons (Fsp3) is 0.371. The molecule has 0 bridgehead atoms. The summed E-state index contributed by atoms with van der Waals surface area (Å²) in [7, 11) is -1.78. The molecule has 2 aliphatic heterocycles. The van der Waals surface area contributed by atoms with Gasteiger partial charge in [0.05, 0.1) is 31.1 Å². The molecule has 0 aliphatic carbocycles. The Balaban J connectivity index is 1.24. The van der Waals surface area contributed by atoms with Gasteiger partial charge in [0.2, 0.25) is 8.41 Å². The van der Waals surface area contributed by atoms with Crippen molar-refractivity contribution in [1.29, 1.82) is 0 Å². The highest BCUT2D eigenvalue weighted by molar-refractivity contribution is 6.72. The van der Waals surface area contributed by atoms with Gasteiger partial charge in [0.1, 0.15) is 5.75 Å². The molecule has 2 N–H and O–H groups in total. The number of aliphatic hydroxyl groups excluding tert-OH is 1. The Morgan fingerprint density at radius 1 is 1.15 bits per heavy atom. The molecular formula is C35H39ClFN5O5Si. The number of hydrogen-bond donors (Lipinski definition) is 2. The van der Waals surface area contributed by atoms with Crippen LogP contribution in [0.5, 0.6) is 5.75 Å². The first-order valence-electron chi connectivity index (χ1n) is 16.0. The van der Waals surface area contributed by atoms with Gasteiger partial charge >= 0.3 is 0 Å². The molecule has 4 atom stereocenters. The molecule has 3 aromatic carbocycles. The fourth-order valence-corrected chi connectivity index (χ4v) is 9.92. The van der Waals surface area contributed by atoms with Crippen molar-refractivity contribution in [2.45, 2.75) is 63.2 Å². The van der Waals surface area contributed by atoms with Gasteiger partial charge in [0, 0.05) is 59.1 Å². The first-order chi connectivity index (χ1) is 22.9. The number of aryl methyl sites for hydroxylation is 1. The van der Waals surface area contributed by atoms with Crippen molar-refractivity contribution < 1.29 is 28.3 Å². The topological polar surface area (TPSA) is 119 Å². The molecule has 1 saturated heterocycles. The van der Waals surface area contributed by atoms with Gasteiger partial charge in [-0.1, -0.05) is 35.9 Å². The van der Waals surface area contributed by atoms with E-state index in [0.29, 0.717) is 58.4 Å². The molecule has 0 radical (unpaired) electrons. The highest BCUT2D eigenvalue weighted by atomic mass is 35.5. The number of aromatic nitrogens is 3. The Kier molecular flexibility index (Phi) is 9.45. The van der Waals surface area contributed by atoms with E-state index in [1.165, 1.54) is 0 Å². The summed E-state index contributed by atoms with van der Waals surface area (Å²) >= 11 is 6.51. The lowest BCUT2D eigenvalue weighted by Gasteiger charge is -2.31. The Morgan fingerprint density at radius 3 is 2.54 bits per heavy atom. The number of rotatable bonds is 11. The maximum absolute atomic E-state index is 16.2. The molecule has 3 heterocycles. The third kappa shape index (κ3) is 6.37. The Morgan fingerprint density at radius 2 is 1.88 bits per heavy atom. The second-order valence-electron chi connectivity index (χ2n) is 12.9. The van der Waals surface area contributed by atoms with E-state index >= 15 is 4.11 Å². The number of carbonyl (C=O) groups excluding carboxylic acids is 2. The predicted molar refractivity (Wildman–Crippen MR) is 184 cm³/mol.